The molecule has 0 saturated heterocycles. The van der Waals surface area contributed by atoms with Gasteiger partial charge in [0.2, 0.25) is 0 Å². The number of carbonyl (C=O) groups is 1. The maximum atomic E-state index is 13.0. The molecule has 0 aliphatic rings. The minimum Gasteiger partial charge on any atom is -0.307 e. The number of carbonyl (C=O) groups excluding carboxylic acids is 1. The number of rotatable bonds is 3. The van der Waals surface area contributed by atoms with Gasteiger partial charge in [-0.2, -0.15) is 0 Å². The summed E-state index contributed by atoms with van der Waals surface area (Å²) in [6.45, 7) is 1.96. The summed E-state index contributed by atoms with van der Waals surface area (Å²) in [5.74, 6) is 0.316. The van der Waals surface area contributed by atoms with Crippen LogP contribution in [0.1, 0.15) is 15.9 Å². The summed E-state index contributed by atoms with van der Waals surface area (Å²) >= 11 is 3.49. The van der Waals surface area contributed by atoms with Crippen LogP contribution in [-0.2, 0) is 0 Å². The van der Waals surface area contributed by atoms with E-state index in [1.165, 1.54) is 0 Å². The molecule has 0 fully saturated rings. The molecule has 0 radical (unpaired) electrons. The number of nitrogens with zero attached hydrogens (tertiary/aromatic N) is 2. The van der Waals surface area contributed by atoms with Gasteiger partial charge in [-0.15, -0.1) is 0 Å². The highest BCUT2D eigenvalue weighted by Gasteiger charge is 2.14. The van der Waals surface area contributed by atoms with Crippen molar-refractivity contribution in [3.05, 3.63) is 88.5 Å². The number of amides is 1. The van der Waals surface area contributed by atoms with E-state index in [-0.39, 0.29) is 5.91 Å². The Bertz CT molecular complexity index is 1140. The Hall–Kier alpha value is -3.05. The van der Waals surface area contributed by atoms with Crippen LogP contribution in [0, 0.1) is 6.92 Å². The Morgan fingerprint density at radius 1 is 1.00 bits per heavy atom. The van der Waals surface area contributed by atoms with Crippen molar-refractivity contribution in [2.45, 2.75) is 6.92 Å². The molecule has 2 heterocycles. The fourth-order valence-electron chi connectivity index (χ4n) is 2.88. The summed E-state index contributed by atoms with van der Waals surface area (Å²) in [6, 6.07) is 21.1. The van der Waals surface area contributed by atoms with Crippen molar-refractivity contribution < 1.29 is 4.79 Å². The Balaban J connectivity index is 1.80. The minimum absolute atomic E-state index is 0.207. The second-order valence-corrected chi connectivity index (χ2v) is 7.17. The standard InChI is InChI=1S/C22H16BrN3O/c1-14-9-10-21(24-13-14)26-22(27)18-12-20(15-5-4-6-16(23)11-15)25-19-8-3-2-7-17(18)19/h2-13H,1H3,(H,24,26,27). The lowest BCUT2D eigenvalue weighted by molar-refractivity contribution is 0.102. The molecule has 4 nitrogen and oxygen atoms in total. The van der Waals surface area contributed by atoms with Gasteiger partial charge in [-0.1, -0.05) is 52.3 Å². The maximum absolute atomic E-state index is 13.0. The molecular formula is C22H16BrN3O. The predicted molar refractivity (Wildman–Crippen MR) is 112 cm³/mol. The Kier molecular flexibility index (Phi) is 4.69. The molecule has 27 heavy (non-hydrogen) atoms. The summed E-state index contributed by atoms with van der Waals surface area (Å²) in [5, 5.41) is 3.69. The number of fused-ring (bicyclic) bond motifs is 1. The molecule has 2 aromatic heterocycles. The largest absolute Gasteiger partial charge is 0.307 e. The number of para-hydroxylation sites is 1. The number of aromatic nitrogens is 2. The lowest BCUT2D eigenvalue weighted by atomic mass is 10.0. The van der Waals surface area contributed by atoms with Crippen LogP contribution in [0.3, 0.4) is 0 Å². The molecule has 0 saturated carbocycles. The molecule has 1 N–H and O–H groups in total. The average Bonchev–Trinajstić information content (AvgIpc) is 2.69. The third kappa shape index (κ3) is 3.73. The molecule has 1 amide bonds. The number of anilines is 1. The van der Waals surface area contributed by atoms with Crippen LogP contribution in [0.25, 0.3) is 22.2 Å². The van der Waals surface area contributed by atoms with Crippen LogP contribution < -0.4 is 5.32 Å². The van der Waals surface area contributed by atoms with E-state index in [9.17, 15) is 4.79 Å². The molecule has 0 aliphatic carbocycles. The van der Waals surface area contributed by atoms with Crippen LogP contribution in [-0.4, -0.2) is 15.9 Å². The number of benzene rings is 2. The number of pyridine rings is 2. The molecule has 5 heteroatoms. The Labute approximate surface area is 165 Å². The predicted octanol–water partition coefficient (Wildman–Crippen LogP) is 5.62. The van der Waals surface area contributed by atoms with Gasteiger partial charge in [0.05, 0.1) is 16.8 Å². The van der Waals surface area contributed by atoms with E-state index in [1.54, 1.807) is 12.3 Å². The first-order valence-corrected chi connectivity index (χ1v) is 9.29. The van der Waals surface area contributed by atoms with Crippen molar-refractivity contribution in [3.8, 4) is 11.3 Å². The molecule has 0 unspecified atom stereocenters. The molecule has 0 spiro atoms. The number of halogens is 1. The van der Waals surface area contributed by atoms with Gasteiger partial charge in [0, 0.05) is 21.6 Å². The second kappa shape index (κ2) is 7.29. The second-order valence-electron chi connectivity index (χ2n) is 6.26. The van der Waals surface area contributed by atoms with Crippen molar-refractivity contribution in [2.24, 2.45) is 0 Å². The van der Waals surface area contributed by atoms with Crippen molar-refractivity contribution >= 4 is 38.6 Å². The van der Waals surface area contributed by atoms with E-state index in [1.807, 2.05) is 67.6 Å². The molecule has 4 aromatic rings. The van der Waals surface area contributed by atoms with E-state index in [4.69, 9.17) is 4.98 Å². The molecular weight excluding hydrogens is 402 g/mol. The van der Waals surface area contributed by atoms with Gasteiger partial charge < -0.3 is 5.32 Å². The molecule has 4 rings (SSSR count). The Morgan fingerprint density at radius 3 is 2.63 bits per heavy atom. The molecule has 0 aliphatic heterocycles. The van der Waals surface area contributed by atoms with E-state index >= 15 is 0 Å². The summed E-state index contributed by atoms with van der Waals surface area (Å²) in [5.41, 5.74) is 4.07. The fraction of sp³-hybridized carbons (Fsp3) is 0.0455. The zero-order valence-corrected chi connectivity index (χ0v) is 16.2. The van der Waals surface area contributed by atoms with Gasteiger partial charge in [-0.05, 0) is 42.8 Å². The highest BCUT2D eigenvalue weighted by atomic mass is 79.9. The fourth-order valence-corrected chi connectivity index (χ4v) is 3.28. The van der Waals surface area contributed by atoms with Gasteiger partial charge in [-0.3, -0.25) is 4.79 Å². The van der Waals surface area contributed by atoms with Crippen molar-refractivity contribution in [1.29, 1.82) is 0 Å². The lowest BCUT2D eigenvalue weighted by Gasteiger charge is -2.11. The number of aryl methyl sites for hydroxylation is 1. The summed E-state index contributed by atoms with van der Waals surface area (Å²) in [4.78, 5) is 22.0. The number of hydrogen-bond donors (Lipinski definition) is 1. The van der Waals surface area contributed by atoms with Gasteiger partial charge in [-0.25, -0.2) is 9.97 Å². The molecule has 0 bridgehead atoms. The van der Waals surface area contributed by atoms with Crippen LogP contribution in [0.5, 0.6) is 0 Å². The normalized spacial score (nSPS) is 10.7. The first-order chi connectivity index (χ1) is 13.1. The first-order valence-electron chi connectivity index (χ1n) is 8.50. The van der Waals surface area contributed by atoms with Crippen LogP contribution in [0.4, 0.5) is 5.82 Å². The number of nitrogens with one attached hydrogen (secondary N) is 1. The zero-order chi connectivity index (χ0) is 18.8. The SMILES string of the molecule is Cc1ccc(NC(=O)c2cc(-c3cccc(Br)c3)nc3ccccc23)nc1. The third-order valence-electron chi connectivity index (χ3n) is 4.23. The van der Waals surface area contributed by atoms with Gasteiger partial charge in [0.25, 0.3) is 5.91 Å². The highest BCUT2D eigenvalue weighted by Crippen LogP contribution is 2.27. The summed E-state index contributed by atoms with van der Waals surface area (Å²) in [6.07, 6.45) is 1.73. The average molecular weight is 418 g/mol. The number of hydrogen-bond acceptors (Lipinski definition) is 3. The quantitative estimate of drug-likeness (QED) is 0.470. The van der Waals surface area contributed by atoms with E-state index in [2.05, 4.69) is 26.2 Å². The minimum atomic E-state index is -0.207. The van der Waals surface area contributed by atoms with Crippen LogP contribution >= 0.6 is 15.9 Å². The first kappa shape index (κ1) is 17.4. The van der Waals surface area contributed by atoms with Crippen LogP contribution in [0.15, 0.2) is 77.4 Å². The van der Waals surface area contributed by atoms with E-state index in [0.717, 1.165) is 32.2 Å². The van der Waals surface area contributed by atoms with Gasteiger partial charge in [0.15, 0.2) is 0 Å². The summed E-state index contributed by atoms with van der Waals surface area (Å²) < 4.78 is 0.963. The summed E-state index contributed by atoms with van der Waals surface area (Å²) in [7, 11) is 0. The van der Waals surface area contributed by atoms with E-state index in [0.29, 0.717) is 11.4 Å². The Morgan fingerprint density at radius 2 is 1.85 bits per heavy atom. The molecule has 2 aromatic carbocycles. The third-order valence-corrected chi connectivity index (χ3v) is 4.73. The van der Waals surface area contributed by atoms with Crippen molar-refractivity contribution in [1.82, 2.24) is 9.97 Å². The van der Waals surface area contributed by atoms with Gasteiger partial charge >= 0.3 is 0 Å². The monoisotopic (exact) mass is 417 g/mol. The smallest absolute Gasteiger partial charge is 0.257 e. The highest BCUT2D eigenvalue weighted by molar-refractivity contribution is 9.10. The van der Waals surface area contributed by atoms with Crippen LogP contribution in [0.2, 0.25) is 0 Å². The van der Waals surface area contributed by atoms with Crippen molar-refractivity contribution in [2.75, 3.05) is 5.32 Å². The van der Waals surface area contributed by atoms with Crippen molar-refractivity contribution in [3.63, 3.8) is 0 Å². The van der Waals surface area contributed by atoms with E-state index < -0.39 is 0 Å². The molecule has 132 valence electrons. The molecule has 0 atom stereocenters. The van der Waals surface area contributed by atoms with Gasteiger partial charge in [0.1, 0.15) is 5.82 Å². The topological polar surface area (TPSA) is 54.9 Å². The zero-order valence-electron chi connectivity index (χ0n) is 14.6. The maximum Gasteiger partial charge on any atom is 0.257 e. The lowest BCUT2D eigenvalue weighted by Crippen LogP contribution is -2.14.